The second-order valence-electron chi connectivity index (χ2n) is 6.44. The fourth-order valence-corrected chi connectivity index (χ4v) is 4.56. The molecule has 1 heterocycles. The number of thiophene rings is 1. The van der Waals surface area contributed by atoms with E-state index in [1.807, 2.05) is 31.2 Å². The predicted molar refractivity (Wildman–Crippen MR) is 100 cm³/mol. The Kier molecular flexibility index (Phi) is 5.40. The molecule has 0 fully saturated rings. The number of nitrogens with one attached hydrogen (secondary N) is 1. The molecule has 2 aromatic rings. The molecule has 0 aliphatic heterocycles. The monoisotopic (exact) mass is 354 g/mol. The topological polar surface area (TPSA) is 62.1 Å². The van der Waals surface area contributed by atoms with Crippen molar-refractivity contribution in [3.05, 3.63) is 45.8 Å². The van der Waals surface area contributed by atoms with Crippen LogP contribution in [0.5, 0.6) is 5.75 Å². The van der Waals surface area contributed by atoms with Gasteiger partial charge < -0.3 is 10.1 Å². The number of nitriles is 1. The summed E-state index contributed by atoms with van der Waals surface area (Å²) in [6, 6.07) is 9.88. The minimum absolute atomic E-state index is 0.0596. The number of carbonyl (C=O) groups excluding carboxylic acids is 1. The van der Waals surface area contributed by atoms with Gasteiger partial charge in [-0.3, -0.25) is 4.79 Å². The molecule has 4 nitrogen and oxygen atoms in total. The van der Waals surface area contributed by atoms with Crippen molar-refractivity contribution in [3.63, 3.8) is 0 Å². The van der Waals surface area contributed by atoms with Crippen LogP contribution < -0.4 is 10.1 Å². The van der Waals surface area contributed by atoms with Crippen molar-refractivity contribution < 1.29 is 9.53 Å². The van der Waals surface area contributed by atoms with Gasteiger partial charge >= 0.3 is 0 Å². The number of anilines is 1. The summed E-state index contributed by atoms with van der Waals surface area (Å²) in [7, 11) is 0. The lowest BCUT2D eigenvalue weighted by Gasteiger charge is -2.20. The number of rotatable bonds is 5. The van der Waals surface area contributed by atoms with E-state index in [-0.39, 0.29) is 12.5 Å². The van der Waals surface area contributed by atoms with Gasteiger partial charge in [0.1, 0.15) is 16.8 Å². The molecule has 1 aliphatic rings. The Labute approximate surface area is 152 Å². The van der Waals surface area contributed by atoms with E-state index in [0.717, 1.165) is 36.8 Å². The van der Waals surface area contributed by atoms with E-state index in [2.05, 4.69) is 18.3 Å². The van der Waals surface area contributed by atoms with E-state index < -0.39 is 0 Å². The minimum atomic E-state index is -0.231. The van der Waals surface area contributed by atoms with Crippen molar-refractivity contribution in [2.24, 2.45) is 5.92 Å². The van der Waals surface area contributed by atoms with Crippen molar-refractivity contribution in [3.8, 4) is 11.8 Å². The van der Waals surface area contributed by atoms with Crippen LogP contribution in [0.1, 0.15) is 41.3 Å². The Morgan fingerprint density at radius 1 is 1.44 bits per heavy atom. The first-order valence-electron chi connectivity index (χ1n) is 8.65. The molecule has 0 radical (unpaired) electrons. The van der Waals surface area contributed by atoms with Crippen LogP contribution in [0.15, 0.2) is 24.3 Å². The van der Waals surface area contributed by atoms with E-state index in [4.69, 9.17) is 4.74 Å². The first-order chi connectivity index (χ1) is 12.1. The number of benzene rings is 1. The summed E-state index contributed by atoms with van der Waals surface area (Å²) in [5, 5.41) is 13.1. The molecule has 0 unspecified atom stereocenters. The molecule has 1 aromatic heterocycles. The highest BCUT2D eigenvalue weighted by Crippen LogP contribution is 2.39. The SMILES string of the molecule is CC[C@@H]1CCc2c(sc(NC(=O)COc3ccccc3C)c2C#N)C1. The molecule has 25 heavy (non-hydrogen) atoms. The Bertz CT molecular complexity index is 820. The molecule has 3 rings (SSSR count). The molecule has 0 bridgehead atoms. The summed E-state index contributed by atoms with van der Waals surface area (Å²) in [4.78, 5) is 13.5. The van der Waals surface area contributed by atoms with Crippen molar-refractivity contribution >= 4 is 22.2 Å². The van der Waals surface area contributed by atoms with Gasteiger partial charge in [0.2, 0.25) is 0 Å². The fourth-order valence-electron chi connectivity index (χ4n) is 3.23. The fraction of sp³-hybridized carbons (Fsp3) is 0.400. The molecule has 130 valence electrons. The summed E-state index contributed by atoms with van der Waals surface area (Å²) >= 11 is 1.55. The van der Waals surface area contributed by atoms with E-state index >= 15 is 0 Å². The zero-order valence-corrected chi connectivity index (χ0v) is 15.4. The van der Waals surface area contributed by atoms with Crippen molar-refractivity contribution in [2.75, 3.05) is 11.9 Å². The molecular weight excluding hydrogens is 332 g/mol. The average Bonchev–Trinajstić information content (AvgIpc) is 2.96. The number of carbonyl (C=O) groups is 1. The first kappa shape index (κ1) is 17.5. The smallest absolute Gasteiger partial charge is 0.262 e. The van der Waals surface area contributed by atoms with Crippen molar-refractivity contribution in [2.45, 2.75) is 39.5 Å². The van der Waals surface area contributed by atoms with Crippen LogP contribution in [0.3, 0.4) is 0 Å². The minimum Gasteiger partial charge on any atom is -0.483 e. The first-order valence-corrected chi connectivity index (χ1v) is 9.47. The van der Waals surface area contributed by atoms with Gasteiger partial charge in [0.15, 0.2) is 6.61 Å². The van der Waals surface area contributed by atoms with Gasteiger partial charge in [-0.05, 0) is 49.3 Å². The Balaban J connectivity index is 1.68. The molecule has 0 spiro atoms. The molecular formula is C20H22N2O2S. The third-order valence-electron chi connectivity index (χ3n) is 4.76. The van der Waals surface area contributed by atoms with Gasteiger partial charge in [-0.2, -0.15) is 5.26 Å². The normalized spacial score (nSPS) is 16.0. The second kappa shape index (κ2) is 7.71. The maximum Gasteiger partial charge on any atom is 0.262 e. The van der Waals surface area contributed by atoms with Crippen LogP contribution in [0.25, 0.3) is 0 Å². The van der Waals surface area contributed by atoms with Crippen LogP contribution in [-0.4, -0.2) is 12.5 Å². The highest BCUT2D eigenvalue weighted by atomic mass is 32.1. The summed E-state index contributed by atoms with van der Waals surface area (Å²) in [6.07, 6.45) is 4.23. The third kappa shape index (κ3) is 3.85. The summed E-state index contributed by atoms with van der Waals surface area (Å²) in [5.41, 5.74) is 2.76. The molecule has 1 N–H and O–H groups in total. The molecule has 0 saturated carbocycles. The van der Waals surface area contributed by atoms with Gasteiger partial charge in [0.05, 0.1) is 5.56 Å². The lowest BCUT2D eigenvalue weighted by molar-refractivity contribution is -0.118. The summed E-state index contributed by atoms with van der Waals surface area (Å²) < 4.78 is 5.59. The Morgan fingerprint density at radius 2 is 2.24 bits per heavy atom. The predicted octanol–water partition coefficient (Wildman–Crippen LogP) is 4.46. The highest BCUT2D eigenvalue weighted by Gasteiger charge is 2.25. The van der Waals surface area contributed by atoms with Crippen molar-refractivity contribution in [1.82, 2.24) is 0 Å². The van der Waals surface area contributed by atoms with Crippen LogP contribution in [-0.2, 0) is 17.6 Å². The lowest BCUT2D eigenvalue weighted by Crippen LogP contribution is -2.20. The van der Waals surface area contributed by atoms with Crippen LogP contribution in [0.4, 0.5) is 5.00 Å². The number of ether oxygens (including phenoxy) is 1. The van der Waals surface area contributed by atoms with Crippen LogP contribution >= 0.6 is 11.3 Å². The highest BCUT2D eigenvalue weighted by molar-refractivity contribution is 7.16. The maximum absolute atomic E-state index is 12.3. The average molecular weight is 354 g/mol. The molecule has 0 saturated heterocycles. The van der Waals surface area contributed by atoms with Crippen LogP contribution in [0, 0.1) is 24.2 Å². The van der Waals surface area contributed by atoms with Crippen LogP contribution in [0.2, 0.25) is 0 Å². The third-order valence-corrected chi connectivity index (χ3v) is 5.93. The molecule has 1 aliphatic carbocycles. The van der Waals surface area contributed by atoms with E-state index in [1.54, 1.807) is 11.3 Å². The number of hydrogen-bond acceptors (Lipinski definition) is 4. The largest absolute Gasteiger partial charge is 0.483 e. The van der Waals surface area contributed by atoms with Gasteiger partial charge in [-0.1, -0.05) is 31.5 Å². The van der Waals surface area contributed by atoms with Crippen molar-refractivity contribution in [1.29, 1.82) is 5.26 Å². The summed E-state index contributed by atoms with van der Waals surface area (Å²) in [5.74, 6) is 1.16. The number of fused-ring (bicyclic) bond motifs is 1. The number of hydrogen-bond donors (Lipinski definition) is 1. The van der Waals surface area contributed by atoms with Gasteiger partial charge in [-0.15, -0.1) is 11.3 Å². The number of para-hydroxylation sites is 1. The lowest BCUT2D eigenvalue weighted by atomic mass is 9.86. The number of aryl methyl sites for hydroxylation is 1. The Hall–Kier alpha value is -2.32. The zero-order valence-electron chi connectivity index (χ0n) is 14.6. The van der Waals surface area contributed by atoms with E-state index in [9.17, 15) is 10.1 Å². The number of amides is 1. The summed E-state index contributed by atoms with van der Waals surface area (Å²) in [6.45, 7) is 4.09. The molecule has 1 atom stereocenters. The standard InChI is InChI=1S/C20H22N2O2S/c1-3-14-8-9-15-16(11-21)20(25-18(15)10-14)22-19(23)12-24-17-7-5-4-6-13(17)2/h4-7,14H,3,8-10,12H2,1-2H3,(H,22,23)/t14-/m1/s1. The van der Waals surface area contributed by atoms with Gasteiger partial charge in [0, 0.05) is 4.88 Å². The van der Waals surface area contributed by atoms with Gasteiger partial charge in [0.25, 0.3) is 5.91 Å². The molecule has 5 heteroatoms. The number of nitrogens with zero attached hydrogens (tertiary/aromatic N) is 1. The second-order valence-corrected chi connectivity index (χ2v) is 7.54. The zero-order chi connectivity index (χ0) is 17.8. The molecule has 1 amide bonds. The Morgan fingerprint density at radius 3 is 2.96 bits per heavy atom. The quantitative estimate of drug-likeness (QED) is 0.862. The maximum atomic E-state index is 12.3. The van der Waals surface area contributed by atoms with Gasteiger partial charge in [-0.25, -0.2) is 0 Å². The van der Waals surface area contributed by atoms with E-state index in [1.165, 1.54) is 4.88 Å². The molecule has 1 aromatic carbocycles. The van der Waals surface area contributed by atoms with E-state index in [0.29, 0.717) is 22.2 Å².